The average Bonchev–Trinajstić information content (AvgIpc) is 2.50. The number of aryl methyl sites for hydroxylation is 1. The highest BCUT2D eigenvalue weighted by Gasteiger charge is 2.28. The number of piperidine rings is 1. The van der Waals surface area contributed by atoms with Crippen LogP contribution in [0, 0.1) is 12.8 Å². The molecule has 1 aliphatic rings. The third-order valence-corrected chi connectivity index (χ3v) is 3.74. The van der Waals surface area contributed by atoms with E-state index in [9.17, 15) is 9.59 Å². The Morgan fingerprint density at radius 3 is 2.91 bits per heavy atom. The minimum atomic E-state index is -0.845. The molecule has 2 amide bonds. The van der Waals surface area contributed by atoms with Crippen LogP contribution in [0.5, 0.6) is 5.75 Å². The first-order valence-electron chi connectivity index (χ1n) is 7.53. The Labute approximate surface area is 130 Å². The molecular weight excluding hydrogens is 284 g/mol. The molecule has 1 aromatic rings. The van der Waals surface area contributed by atoms with Gasteiger partial charge in [-0.15, -0.1) is 0 Å². The van der Waals surface area contributed by atoms with E-state index in [1.807, 2.05) is 26.0 Å². The maximum absolute atomic E-state index is 12.3. The molecular formula is C16H22N2O4. The molecule has 0 aromatic heterocycles. The lowest BCUT2D eigenvalue weighted by atomic mass is 9.99. The summed E-state index contributed by atoms with van der Waals surface area (Å²) in [5.74, 6) is -0.700. The van der Waals surface area contributed by atoms with Gasteiger partial charge in [0.2, 0.25) is 0 Å². The molecule has 2 rings (SSSR count). The highest BCUT2D eigenvalue weighted by Crippen LogP contribution is 2.26. The second-order valence-electron chi connectivity index (χ2n) is 5.49. The summed E-state index contributed by atoms with van der Waals surface area (Å²) in [7, 11) is 0. The van der Waals surface area contributed by atoms with E-state index in [1.54, 1.807) is 11.0 Å². The molecule has 0 saturated carbocycles. The number of hydrogen-bond acceptors (Lipinski definition) is 3. The predicted molar refractivity (Wildman–Crippen MR) is 83.3 cm³/mol. The maximum atomic E-state index is 12.3. The van der Waals surface area contributed by atoms with Crippen molar-refractivity contribution in [3.05, 3.63) is 23.8 Å². The molecule has 2 N–H and O–H groups in total. The van der Waals surface area contributed by atoms with Crippen molar-refractivity contribution in [3.8, 4) is 5.75 Å². The Balaban J connectivity index is 2.07. The maximum Gasteiger partial charge on any atom is 0.321 e. The van der Waals surface area contributed by atoms with Crippen molar-refractivity contribution >= 4 is 17.7 Å². The van der Waals surface area contributed by atoms with Crippen LogP contribution in [0.25, 0.3) is 0 Å². The van der Waals surface area contributed by atoms with Crippen molar-refractivity contribution in [1.29, 1.82) is 0 Å². The normalized spacial score (nSPS) is 17.9. The summed E-state index contributed by atoms with van der Waals surface area (Å²) in [6.07, 6.45) is 1.32. The summed E-state index contributed by atoms with van der Waals surface area (Å²) >= 11 is 0. The van der Waals surface area contributed by atoms with Crippen molar-refractivity contribution < 1.29 is 19.4 Å². The summed E-state index contributed by atoms with van der Waals surface area (Å²) in [6.45, 7) is 5.17. The number of carbonyl (C=O) groups is 2. The summed E-state index contributed by atoms with van der Waals surface area (Å²) in [5.41, 5.74) is 1.65. The third-order valence-electron chi connectivity index (χ3n) is 3.74. The number of amides is 2. The van der Waals surface area contributed by atoms with Crippen LogP contribution in [0.1, 0.15) is 25.3 Å². The Kier molecular flexibility index (Phi) is 5.25. The van der Waals surface area contributed by atoms with Crippen LogP contribution in [-0.2, 0) is 4.79 Å². The van der Waals surface area contributed by atoms with E-state index in [-0.39, 0.29) is 12.6 Å². The topological polar surface area (TPSA) is 78.9 Å². The fourth-order valence-corrected chi connectivity index (χ4v) is 2.57. The van der Waals surface area contributed by atoms with Gasteiger partial charge >= 0.3 is 12.0 Å². The van der Waals surface area contributed by atoms with Gasteiger partial charge in [0.1, 0.15) is 5.75 Å². The minimum absolute atomic E-state index is 0.247. The van der Waals surface area contributed by atoms with Crippen molar-refractivity contribution in [2.45, 2.75) is 26.7 Å². The molecule has 120 valence electrons. The fraction of sp³-hybridized carbons (Fsp3) is 0.500. The smallest absolute Gasteiger partial charge is 0.321 e. The predicted octanol–water partition coefficient (Wildman–Crippen LogP) is 2.72. The van der Waals surface area contributed by atoms with E-state index in [1.165, 1.54) is 0 Å². The van der Waals surface area contributed by atoms with E-state index in [4.69, 9.17) is 9.84 Å². The van der Waals surface area contributed by atoms with Gasteiger partial charge in [-0.1, -0.05) is 6.07 Å². The molecule has 0 bridgehead atoms. The quantitative estimate of drug-likeness (QED) is 0.896. The molecule has 0 radical (unpaired) electrons. The van der Waals surface area contributed by atoms with Gasteiger partial charge in [0.25, 0.3) is 0 Å². The van der Waals surface area contributed by atoms with Gasteiger partial charge in [-0.05, 0) is 44.4 Å². The van der Waals surface area contributed by atoms with E-state index in [0.29, 0.717) is 37.4 Å². The van der Waals surface area contributed by atoms with Gasteiger partial charge in [-0.2, -0.15) is 0 Å². The van der Waals surface area contributed by atoms with Gasteiger partial charge in [-0.25, -0.2) is 4.79 Å². The molecule has 1 atom stereocenters. The molecule has 0 aliphatic carbocycles. The lowest BCUT2D eigenvalue weighted by Crippen LogP contribution is -2.44. The zero-order valence-corrected chi connectivity index (χ0v) is 13.0. The number of nitrogens with zero attached hydrogens (tertiary/aromatic N) is 1. The Morgan fingerprint density at radius 1 is 1.45 bits per heavy atom. The number of aliphatic carboxylic acids is 1. The number of nitrogens with one attached hydrogen (secondary N) is 1. The van der Waals surface area contributed by atoms with Gasteiger partial charge < -0.3 is 20.1 Å². The van der Waals surface area contributed by atoms with Crippen molar-refractivity contribution in [2.24, 2.45) is 5.92 Å². The first-order chi connectivity index (χ1) is 10.5. The van der Waals surface area contributed by atoms with Crippen LogP contribution in [0.4, 0.5) is 10.5 Å². The molecule has 1 unspecified atom stereocenters. The molecule has 6 heteroatoms. The van der Waals surface area contributed by atoms with Crippen LogP contribution in [0.2, 0.25) is 0 Å². The number of ether oxygens (including phenoxy) is 1. The number of carbonyl (C=O) groups excluding carboxylic acids is 1. The minimum Gasteiger partial charge on any atom is -0.492 e. The Bertz CT molecular complexity index is 559. The van der Waals surface area contributed by atoms with Crippen molar-refractivity contribution in [3.63, 3.8) is 0 Å². The Morgan fingerprint density at radius 2 is 2.23 bits per heavy atom. The number of anilines is 1. The molecule has 1 saturated heterocycles. The van der Waals surface area contributed by atoms with Gasteiger partial charge in [-0.3, -0.25) is 4.79 Å². The lowest BCUT2D eigenvalue weighted by Gasteiger charge is -2.30. The monoisotopic (exact) mass is 306 g/mol. The highest BCUT2D eigenvalue weighted by molar-refractivity contribution is 5.91. The summed E-state index contributed by atoms with van der Waals surface area (Å²) in [5, 5.41) is 11.9. The molecule has 22 heavy (non-hydrogen) atoms. The average molecular weight is 306 g/mol. The zero-order valence-electron chi connectivity index (χ0n) is 13.0. The van der Waals surface area contributed by atoms with Crippen LogP contribution in [-0.4, -0.2) is 41.7 Å². The second kappa shape index (κ2) is 7.15. The molecule has 1 aliphatic heterocycles. The van der Waals surface area contributed by atoms with Crippen LogP contribution < -0.4 is 10.1 Å². The molecule has 6 nitrogen and oxygen atoms in total. The fourth-order valence-electron chi connectivity index (χ4n) is 2.57. The van der Waals surface area contributed by atoms with Crippen LogP contribution in [0.15, 0.2) is 18.2 Å². The summed E-state index contributed by atoms with van der Waals surface area (Å²) < 4.78 is 5.54. The summed E-state index contributed by atoms with van der Waals surface area (Å²) in [6, 6.07) is 5.29. The van der Waals surface area contributed by atoms with Crippen LogP contribution in [0.3, 0.4) is 0 Å². The van der Waals surface area contributed by atoms with Crippen molar-refractivity contribution in [2.75, 3.05) is 25.0 Å². The zero-order chi connectivity index (χ0) is 16.1. The number of rotatable bonds is 4. The molecule has 1 aromatic carbocycles. The largest absolute Gasteiger partial charge is 0.492 e. The second-order valence-corrected chi connectivity index (χ2v) is 5.49. The van der Waals surface area contributed by atoms with Gasteiger partial charge in [0.15, 0.2) is 0 Å². The Hall–Kier alpha value is -2.24. The molecule has 0 spiro atoms. The number of benzene rings is 1. The highest BCUT2D eigenvalue weighted by atomic mass is 16.5. The number of carboxylic acid groups (broad SMARTS) is 1. The first kappa shape index (κ1) is 16.1. The number of likely N-dealkylation sites (tertiary alicyclic amines) is 1. The number of carboxylic acids is 1. The van der Waals surface area contributed by atoms with Gasteiger partial charge in [0, 0.05) is 13.1 Å². The van der Waals surface area contributed by atoms with Gasteiger partial charge in [0.05, 0.1) is 18.2 Å². The number of hydrogen-bond donors (Lipinski definition) is 2. The summed E-state index contributed by atoms with van der Waals surface area (Å²) in [4.78, 5) is 25.0. The number of urea groups is 1. The van der Waals surface area contributed by atoms with E-state index in [0.717, 1.165) is 5.56 Å². The van der Waals surface area contributed by atoms with E-state index in [2.05, 4.69) is 5.32 Å². The molecule has 1 fully saturated rings. The third kappa shape index (κ3) is 3.90. The SMILES string of the molecule is CCOc1cc(C)ccc1NC(=O)N1CCCC(C(=O)O)C1. The first-order valence-corrected chi connectivity index (χ1v) is 7.53. The van der Waals surface area contributed by atoms with Crippen molar-refractivity contribution in [1.82, 2.24) is 4.90 Å². The molecule has 1 heterocycles. The van der Waals surface area contributed by atoms with Crippen LogP contribution >= 0.6 is 0 Å². The van der Waals surface area contributed by atoms with E-state index < -0.39 is 11.9 Å². The lowest BCUT2D eigenvalue weighted by molar-refractivity contribution is -0.143. The standard InChI is InChI=1S/C16H22N2O4/c1-3-22-14-9-11(2)6-7-13(14)17-16(21)18-8-4-5-12(10-18)15(19)20/h6-7,9,12H,3-5,8,10H2,1-2H3,(H,17,21)(H,19,20). The van der Waals surface area contributed by atoms with E-state index >= 15 is 0 Å².